The molecule has 0 amide bonds. The number of nitro benzene ring substituents is 1. The molecule has 2 aromatic rings. The molecule has 2 atom stereocenters. The number of nitrogens with zero attached hydrogens (tertiary/aromatic N) is 4. The lowest BCUT2D eigenvalue weighted by molar-refractivity contribution is -0.384. The summed E-state index contributed by atoms with van der Waals surface area (Å²) in [5.41, 5.74) is 0.461. The first kappa shape index (κ1) is 18.3. The second-order valence-electron chi connectivity index (χ2n) is 6.32. The summed E-state index contributed by atoms with van der Waals surface area (Å²) >= 11 is 6.33. The Morgan fingerprint density at radius 1 is 1.35 bits per heavy atom. The van der Waals surface area contributed by atoms with Gasteiger partial charge in [0.2, 0.25) is 0 Å². The molecular weight excluding hydrogens is 360 g/mol. The maximum atomic E-state index is 12.6. The molecule has 9 heteroatoms. The molecule has 1 aromatic heterocycles. The minimum atomic E-state index is -0.500. The minimum absolute atomic E-state index is 0.0578. The van der Waals surface area contributed by atoms with E-state index in [1.807, 2.05) is 4.90 Å². The summed E-state index contributed by atoms with van der Waals surface area (Å²) in [5, 5.41) is 15.0. The summed E-state index contributed by atoms with van der Waals surface area (Å²) in [5.74, 6) is 0.434. The third-order valence-electron chi connectivity index (χ3n) is 4.74. The zero-order valence-electron chi connectivity index (χ0n) is 14.5. The highest BCUT2D eigenvalue weighted by atomic mass is 35.5. The number of ether oxygens (including phenoxy) is 1. The van der Waals surface area contributed by atoms with Crippen LogP contribution in [0.1, 0.15) is 13.3 Å². The number of nitro groups is 1. The molecule has 2 unspecified atom stereocenters. The average Bonchev–Trinajstić information content (AvgIpc) is 2.64. The van der Waals surface area contributed by atoms with Gasteiger partial charge in [0.25, 0.3) is 11.2 Å². The van der Waals surface area contributed by atoms with E-state index in [0.29, 0.717) is 23.8 Å². The van der Waals surface area contributed by atoms with E-state index in [4.69, 9.17) is 16.3 Å². The summed E-state index contributed by atoms with van der Waals surface area (Å²) in [6.07, 6.45) is 2.55. The number of benzene rings is 1. The van der Waals surface area contributed by atoms with Crippen molar-refractivity contribution in [1.29, 1.82) is 0 Å². The molecule has 1 aliphatic heterocycles. The van der Waals surface area contributed by atoms with Crippen molar-refractivity contribution in [2.75, 3.05) is 25.1 Å². The molecule has 0 radical (unpaired) electrons. The zero-order valence-corrected chi connectivity index (χ0v) is 15.2. The number of aromatic nitrogens is 2. The van der Waals surface area contributed by atoms with Gasteiger partial charge in [-0.3, -0.25) is 14.9 Å². The summed E-state index contributed by atoms with van der Waals surface area (Å²) in [6, 6.07) is 5.57. The number of halogens is 1. The quantitative estimate of drug-likeness (QED) is 0.600. The Morgan fingerprint density at radius 3 is 2.65 bits per heavy atom. The van der Waals surface area contributed by atoms with Crippen LogP contribution in [-0.2, 0) is 4.74 Å². The molecule has 1 aliphatic rings. The van der Waals surface area contributed by atoms with E-state index in [9.17, 15) is 14.9 Å². The first-order chi connectivity index (χ1) is 12.4. The minimum Gasteiger partial charge on any atom is -0.379 e. The maximum absolute atomic E-state index is 12.6. The van der Waals surface area contributed by atoms with Crippen LogP contribution >= 0.6 is 11.6 Å². The topological polar surface area (TPSA) is 90.5 Å². The van der Waals surface area contributed by atoms with E-state index in [2.05, 4.69) is 12.0 Å². The Morgan fingerprint density at radius 2 is 2.04 bits per heavy atom. The Kier molecular flexibility index (Phi) is 5.24. The van der Waals surface area contributed by atoms with Crippen molar-refractivity contribution in [3.05, 3.63) is 56.0 Å². The fraction of sp³-hybridized carbons (Fsp3) is 0.412. The molecule has 2 heterocycles. The van der Waals surface area contributed by atoms with Crippen LogP contribution in [0.5, 0.6) is 0 Å². The fourth-order valence-corrected chi connectivity index (χ4v) is 3.35. The second kappa shape index (κ2) is 7.43. The number of anilines is 1. The van der Waals surface area contributed by atoms with Crippen molar-refractivity contribution in [3.63, 3.8) is 0 Å². The summed E-state index contributed by atoms with van der Waals surface area (Å²) in [7, 11) is 1.68. The number of hydrogen-bond acceptors (Lipinski definition) is 6. The van der Waals surface area contributed by atoms with Gasteiger partial charge in [0.05, 0.1) is 28.6 Å². The molecule has 0 aliphatic carbocycles. The molecule has 8 nitrogen and oxygen atoms in total. The highest BCUT2D eigenvalue weighted by Crippen LogP contribution is 2.28. The van der Waals surface area contributed by atoms with Gasteiger partial charge >= 0.3 is 0 Å². The standard InChI is InChI=1S/C17H19ClN4O4/c1-11-7-8-20(10-15(11)26-2)14-9-19-21(17(23)16(14)18)12-3-5-13(6-4-12)22(24)25/h3-6,9,11,15H,7-8,10H2,1-2H3. The van der Waals surface area contributed by atoms with E-state index in [1.165, 1.54) is 24.3 Å². The lowest BCUT2D eigenvalue weighted by atomic mass is 9.95. The van der Waals surface area contributed by atoms with Gasteiger partial charge < -0.3 is 9.64 Å². The summed E-state index contributed by atoms with van der Waals surface area (Å²) < 4.78 is 6.64. The number of rotatable bonds is 4. The predicted molar refractivity (Wildman–Crippen MR) is 98.3 cm³/mol. The van der Waals surface area contributed by atoms with Gasteiger partial charge in [-0.2, -0.15) is 9.78 Å². The first-order valence-corrected chi connectivity index (χ1v) is 8.60. The predicted octanol–water partition coefficient (Wildman–Crippen LogP) is 2.66. The van der Waals surface area contributed by atoms with Crippen LogP contribution in [-0.4, -0.2) is 41.0 Å². The molecule has 138 valence electrons. The lowest BCUT2D eigenvalue weighted by Gasteiger charge is -2.37. The highest BCUT2D eigenvalue weighted by molar-refractivity contribution is 6.33. The molecule has 0 saturated carbocycles. The molecule has 3 rings (SSSR count). The molecule has 1 fully saturated rings. The number of non-ortho nitro benzene ring substituents is 1. The van der Waals surface area contributed by atoms with Gasteiger partial charge in [-0.15, -0.1) is 0 Å². The smallest absolute Gasteiger partial charge is 0.292 e. The Balaban J connectivity index is 1.91. The van der Waals surface area contributed by atoms with Crippen LogP contribution in [0.2, 0.25) is 5.02 Å². The molecular formula is C17H19ClN4O4. The van der Waals surface area contributed by atoms with E-state index in [1.54, 1.807) is 13.3 Å². The Labute approximate surface area is 155 Å². The van der Waals surface area contributed by atoms with E-state index >= 15 is 0 Å². The molecule has 0 N–H and O–H groups in total. The number of hydrogen-bond donors (Lipinski definition) is 0. The van der Waals surface area contributed by atoms with Gasteiger partial charge in [0.15, 0.2) is 0 Å². The van der Waals surface area contributed by atoms with Crippen LogP contribution in [0.4, 0.5) is 11.4 Å². The van der Waals surface area contributed by atoms with Crippen LogP contribution in [0.25, 0.3) is 5.69 Å². The maximum Gasteiger partial charge on any atom is 0.292 e. The van der Waals surface area contributed by atoms with Gasteiger partial charge in [-0.1, -0.05) is 18.5 Å². The third-order valence-corrected chi connectivity index (χ3v) is 5.09. The summed E-state index contributed by atoms with van der Waals surface area (Å²) in [6.45, 7) is 3.54. The van der Waals surface area contributed by atoms with Crippen LogP contribution in [0.15, 0.2) is 35.3 Å². The van der Waals surface area contributed by atoms with E-state index < -0.39 is 10.5 Å². The van der Waals surface area contributed by atoms with Crippen molar-refractivity contribution in [3.8, 4) is 5.69 Å². The van der Waals surface area contributed by atoms with Crippen LogP contribution < -0.4 is 10.5 Å². The van der Waals surface area contributed by atoms with E-state index in [0.717, 1.165) is 17.6 Å². The van der Waals surface area contributed by atoms with Crippen molar-refractivity contribution in [1.82, 2.24) is 9.78 Å². The van der Waals surface area contributed by atoms with Crippen molar-refractivity contribution in [2.24, 2.45) is 5.92 Å². The van der Waals surface area contributed by atoms with Gasteiger partial charge in [-0.25, -0.2) is 0 Å². The zero-order chi connectivity index (χ0) is 18.8. The van der Waals surface area contributed by atoms with Crippen LogP contribution in [0, 0.1) is 16.0 Å². The highest BCUT2D eigenvalue weighted by Gasteiger charge is 2.28. The van der Waals surface area contributed by atoms with Gasteiger partial charge in [0.1, 0.15) is 5.02 Å². The average molecular weight is 379 g/mol. The fourth-order valence-electron chi connectivity index (χ4n) is 3.10. The Bertz CT molecular complexity index is 868. The summed E-state index contributed by atoms with van der Waals surface area (Å²) in [4.78, 5) is 24.9. The molecule has 26 heavy (non-hydrogen) atoms. The monoisotopic (exact) mass is 378 g/mol. The van der Waals surface area contributed by atoms with Gasteiger partial charge in [-0.05, 0) is 24.5 Å². The largest absolute Gasteiger partial charge is 0.379 e. The molecule has 1 saturated heterocycles. The third kappa shape index (κ3) is 3.42. The second-order valence-corrected chi connectivity index (χ2v) is 6.70. The first-order valence-electron chi connectivity index (χ1n) is 8.22. The number of piperidine rings is 1. The van der Waals surface area contributed by atoms with Crippen molar-refractivity contribution < 1.29 is 9.66 Å². The van der Waals surface area contributed by atoms with Crippen LogP contribution in [0.3, 0.4) is 0 Å². The van der Waals surface area contributed by atoms with E-state index in [-0.39, 0.29) is 16.8 Å². The molecule has 0 bridgehead atoms. The molecule has 1 aromatic carbocycles. The van der Waals surface area contributed by atoms with Gasteiger partial charge in [0, 0.05) is 32.3 Å². The Hall–Kier alpha value is -2.45. The van der Waals surface area contributed by atoms with Crippen molar-refractivity contribution >= 4 is 23.0 Å². The SMILES string of the molecule is COC1CN(c2cnn(-c3ccc([N+](=O)[O-])cc3)c(=O)c2Cl)CCC1C. The number of methoxy groups -OCH3 is 1. The lowest BCUT2D eigenvalue weighted by Crippen LogP contribution is -2.44. The molecule has 0 spiro atoms. The van der Waals surface area contributed by atoms with Crippen molar-refractivity contribution in [2.45, 2.75) is 19.4 Å². The normalized spacial score (nSPS) is 20.2.